The first-order valence-electron chi connectivity index (χ1n) is 11.5. The van der Waals surface area contributed by atoms with Gasteiger partial charge in [0.2, 0.25) is 5.91 Å². The van der Waals surface area contributed by atoms with Crippen molar-refractivity contribution in [1.29, 1.82) is 0 Å². The number of aromatic nitrogens is 1. The maximum absolute atomic E-state index is 12.5. The SMILES string of the molecule is O=C(NC1CCCCC1)NC1CC(NC(=O)C2CC(Oc3cccc4scnc34)C2)C1. The van der Waals surface area contributed by atoms with Crippen molar-refractivity contribution in [2.45, 2.75) is 82.0 Å². The number of urea groups is 1. The molecule has 31 heavy (non-hydrogen) atoms. The topological polar surface area (TPSA) is 92.4 Å². The second-order valence-corrected chi connectivity index (χ2v) is 10.1. The number of ether oxygens (including phenoxy) is 1. The monoisotopic (exact) mass is 442 g/mol. The smallest absolute Gasteiger partial charge is 0.315 e. The quantitative estimate of drug-likeness (QED) is 0.636. The Morgan fingerprint density at radius 2 is 1.68 bits per heavy atom. The maximum Gasteiger partial charge on any atom is 0.315 e. The van der Waals surface area contributed by atoms with Gasteiger partial charge in [0.1, 0.15) is 17.4 Å². The van der Waals surface area contributed by atoms with Gasteiger partial charge in [-0.15, -0.1) is 11.3 Å². The third-order valence-electron chi connectivity index (χ3n) is 6.84. The van der Waals surface area contributed by atoms with Gasteiger partial charge in [-0.05, 0) is 50.7 Å². The summed E-state index contributed by atoms with van der Waals surface area (Å²) in [6.45, 7) is 0. The summed E-state index contributed by atoms with van der Waals surface area (Å²) < 4.78 is 7.20. The van der Waals surface area contributed by atoms with Crippen molar-refractivity contribution >= 4 is 33.5 Å². The van der Waals surface area contributed by atoms with Gasteiger partial charge in [-0.2, -0.15) is 0 Å². The molecule has 7 nitrogen and oxygen atoms in total. The van der Waals surface area contributed by atoms with E-state index in [1.54, 1.807) is 11.3 Å². The average molecular weight is 443 g/mol. The molecule has 5 rings (SSSR count). The van der Waals surface area contributed by atoms with E-state index in [2.05, 4.69) is 20.9 Å². The lowest BCUT2D eigenvalue weighted by Crippen LogP contribution is -2.58. The largest absolute Gasteiger partial charge is 0.488 e. The van der Waals surface area contributed by atoms with E-state index >= 15 is 0 Å². The molecule has 3 fully saturated rings. The van der Waals surface area contributed by atoms with Crippen LogP contribution < -0.4 is 20.7 Å². The van der Waals surface area contributed by atoms with Gasteiger partial charge in [-0.1, -0.05) is 25.3 Å². The van der Waals surface area contributed by atoms with E-state index < -0.39 is 0 Å². The van der Waals surface area contributed by atoms with Crippen LogP contribution in [0.15, 0.2) is 23.7 Å². The van der Waals surface area contributed by atoms with Gasteiger partial charge in [0.05, 0.1) is 10.2 Å². The number of thiazole rings is 1. The van der Waals surface area contributed by atoms with Gasteiger partial charge in [0.25, 0.3) is 0 Å². The summed E-state index contributed by atoms with van der Waals surface area (Å²) >= 11 is 1.60. The van der Waals surface area contributed by atoms with E-state index in [4.69, 9.17) is 4.74 Å². The molecule has 1 aromatic heterocycles. The fourth-order valence-electron chi connectivity index (χ4n) is 4.84. The number of benzene rings is 1. The lowest BCUT2D eigenvalue weighted by molar-refractivity contribution is -0.132. The predicted molar refractivity (Wildman–Crippen MR) is 120 cm³/mol. The number of carbonyl (C=O) groups excluding carboxylic acids is 2. The Labute approximate surface area is 186 Å². The molecule has 0 unspecified atom stereocenters. The van der Waals surface area contributed by atoms with Crippen LogP contribution in [0.5, 0.6) is 5.75 Å². The Morgan fingerprint density at radius 3 is 2.48 bits per heavy atom. The van der Waals surface area contributed by atoms with E-state index in [0.29, 0.717) is 6.04 Å². The number of hydrogen-bond donors (Lipinski definition) is 3. The molecular formula is C23H30N4O3S. The van der Waals surface area contributed by atoms with Crippen molar-refractivity contribution in [2.75, 3.05) is 0 Å². The second kappa shape index (κ2) is 9.02. The molecule has 0 radical (unpaired) electrons. The van der Waals surface area contributed by atoms with E-state index in [9.17, 15) is 9.59 Å². The minimum atomic E-state index is -0.0595. The van der Waals surface area contributed by atoms with Crippen LogP contribution in [-0.4, -0.2) is 41.2 Å². The van der Waals surface area contributed by atoms with Crippen molar-refractivity contribution < 1.29 is 14.3 Å². The van der Waals surface area contributed by atoms with Crippen molar-refractivity contribution in [1.82, 2.24) is 20.9 Å². The standard InChI is InChI=1S/C23H30N4O3S/c28-22(14-9-18(10-14)30-19-7-4-8-20-21(19)24-13-31-20)25-16-11-17(12-16)27-23(29)26-15-5-2-1-3-6-15/h4,7-8,13-18H,1-3,5-6,9-12H2,(H,25,28)(H2,26,27,29). The number of amides is 3. The number of hydrogen-bond acceptors (Lipinski definition) is 5. The first kappa shape index (κ1) is 20.5. The highest BCUT2D eigenvalue weighted by molar-refractivity contribution is 7.16. The minimum absolute atomic E-state index is 0.0150. The summed E-state index contributed by atoms with van der Waals surface area (Å²) in [5.74, 6) is 0.935. The molecule has 3 saturated carbocycles. The van der Waals surface area contributed by atoms with Crippen LogP contribution in [0.3, 0.4) is 0 Å². The Balaban J connectivity index is 0.990. The van der Waals surface area contributed by atoms with Gasteiger partial charge in [-0.3, -0.25) is 4.79 Å². The van der Waals surface area contributed by atoms with Gasteiger partial charge >= 0.3 is 6.03 Å². The molecular weight excluding hydrogens is 412 g/mol. The second-order valence-electron chi connectivity index (χ2n) is 9.19. The fraction of sp³-hybridized carbons (Fsp3) is 0.609. The summed E-state index contributed by atoms with van der Waals surface area (Å²) in [5.41, 5.74) is 2.73. The van der Waals surface area contributed by atoms with Crippen LogP contribution in [0.25, 0.3) is 10.2 Å². The zero-order valence-corrected chi connectivity index (χ0v) is 18.5. The van der Waals surface area contributed by atoms with E-state index in [1.807, 2.05) is 23.7 Å². The number of rotatable bonds is 6. The summed E-state index contributed by atoms with van der Waals surface area (Å²) in [6.07, 6.45) is 9.03. The van der Waals surface area contributed by atoms with Crippen LogP contribution in [-0.2, 0) is 4.79 Å². The van der Waals surface area contributed by atoms with Crippen molar-refractivity contribution in [3.63, 3.8) is 0 Å². The van der Waals surface area contributed by atoms with E-state index in [0.717, 1.165) is 54.5 Å². The zero-order chi connectivity index (χ0) is 21.2. The molecule has 0 atom stereocenters. The Hall–Kier alpha value is -2.35. The highest BCUT2D eigenvalue weighted by Gasteiger charge is 2.39. The van der Waals surface area contributed by atoms with Gasteiger partial charge in [0.15, 0.2) is 0 Å². The molecule has 0 bridgehead atoms. The Bertz CT molecular complexity index is 930. The molecule has 2 aromatic rings. The maximum atomic E-state index is 12.5. The minimum Gasteiger partial charge on any atom is -0.488 e. The number of fused-ring (bicyclic) bond motifs is 1. The molecule has 0 saturated heterocycles. The molecule has 3 amide bonds. The molecule has 3 aliphatic carbocycles. The predicted octanol–water partition coefficient (Wildman–Crippen LogP) is 3.73. The van der Waals surface area contributed by atoms with Crippen LogP contribution in [0.2, 0.25) is 0 Å². The van der Waals surface area contributed by atoms with Crippen molar-refractivity contribution in [3.05, 3.63) is 23.7 Å². The van der Waals surface area contributed by atoms with Crippen LogP contribution in [0, 0.1) is 5.92 Å². The van der Waals surface area contributed by atoms with Gasteiger partial charge < -0.3 is 20.7 Å². The van der Waals surface area contributed by atoms with E-state index in [1.165, 1.54) is 19.3 Å². The molecule has 3 N–H and O–H groups in total. The molecule has 1 aromatic carbocycles. The summed E-state index contributed by atoms with van der Waals surface area (Å²) in [6, 6.07) is 6.55. The lowest BCUT2D eigenvalue weighted by Gasteiger charge is -2.40. The fourth-order valence-corrected chi connectivity index (χ4v) is 5.54. The first-order chi connectivity index (χ1) is 15.1. The normalized spacial score (nSPS) is 28.3. The first-order valence-corrected chi connectivity index (χ1v) is 12.4. The highest BCUT2D eigenvalue weighted by Crippen LogP contribution is 2.35. The van der Waals surface area contributed by atoms with Crippen LogP contribution in [0.1, 0.15) is 57.8 Å². The third kappa shape index (κ3) is 4.79. The Kier molecular flexibility index (Phi) is 5.98. The number of carbonyl (C=O) groups is 2. The lowest BCUT2D eigenvalue weighted by atomic mass is 9.80. The zero-order valence-electron chi connectivity index (χ0n) is 17.6. The number of para-hydroxylation sites is 1. The molecule has 0 aliphatic heterocycles. The van der Waals surface area contributed by atoms with Gasteiger partial charge in [0, 0.05) is 24.0 Å². The average Bonchev–Trinajstić information content (AvgIpc) is 3.19. The van der Waals surface area contributed by atoms with Crippen LogP contribution >= 0.6 is 11.3 Å². The molecule has 3 aliphatic rings. The molecule has 0 spiro atoms. The van der Waals surface area contributed by atoms with Crippen molar-refractivity contribution in [3.8, 4) is 5.75 Å². The van der Waals surface area contributed by atoms with Gasteiger partial charge in [-0.25, -0.2) is 9.78 Å². The van der Waals surface area contributed by atoms with E-state index in [-0.39, 0.29) is 36.0 Å². The summed E-state index contributed by atoms with van der Waals surface area (Å²) in [4.78, 5) is 29.0. The summed E-state index contributed by atoms with van der Waals surface area (Å²) in [5, 5.41) is 9.27. The molecule has 1 heterocycles. The number of nitrogens with zero attached hydrogens (tertiary/aromatic N) is 1. The molecule has 166 valence electrons. The number of nitrogens with one attached hydrogen (secondary N) is 3. The molecule has 8 heteroatoms. The third-order valence-corrected chi connectivity index (χ3v) is 7.64. The van der Waals surface area contributed by atoms with Crippen LogP contribution in [0.4, 0.5) is 4.79 Å². The highest BCUT2D eigenvalue weighted by atomic mass is 32.1. The van der Waals surface area contributed by atoms with Crippen molar-refractivity contribution in [2.24, 2.45) is 5.92 Å². The summed E-state index contributed by atoms with van der Waals surface area (Å²) in [7, 11) is 0. The Morgan fingerprint density at radius 1 is 0.935 bits per heavy atom.